The van der Waals surface area contributed by atoms with Crippen molar-refractivity contribution in [2.75, 3.05) is 31.1 Å². The first-order valence-corrected chi connectivity index (χ1v) is 7.41. The molecule has 5 nitrogen and oxygen atoms in total. The molecule has 0 bridgehead atoms. The Bertz CT molecular complexity index is 471. The quantitative estimate of drug-likeness (QED) is 0.907. The molecule has 21 heavy (non-hydrogen) atoms. The second-order valence-electron chi connectivity index (χ2n) is 6.33. The smallest absolute Gasteiger partial charge is 0.410 e. The Morgan fingerprint density at radius 3 is 2.19 bits per heavy atom. The van der Waals surface area contributed by atoms with Crippen LogP contribution in [0.2, 0.25) is 0 Å². The van der Waals surface area contributed by atoms with Crippen LogP contribution in [0.3, 0.4) is 0 Å². The number of hydrogen-bond donors (Lipinski definition) is 1. The number of hydrogen-bond acceptors (Lipinski definition) is 4. The van der Waals surface area contributed by atoms with Crippen LogP contribution in [0.5, 0.6) is 0 Å². The third-order valence-corrected chi connectivity index (χ3v) is 3.47. The van der Waals surface area contributed by atoms with Crippen LogP contribution in [0.1, 0.15) is 26.3 Å². The maximum absolute atomic E-state index is 12.0. The summed E-state index contributed by atoms with van der Waals surface area (Å²) in [7, 11) is 0. The molecular formula is C16H25N3O2. The van der Waals surface area contributed by atoms with Crippen molar-refractivity contribution in [2.24, 2.45) is 5.73 Å². The van der Waals surface area contributed by atoms with E-state index in [-0.39, 0.29) is 6.09 Å². The number of benzene rings is 1. The Balaban J connectivity index is 1.89. The molecule has 0 aliphatic carbocycles. The Kier molecular flexibility index (Phi) is 4.73. The molecule has 0 aromatic heterocycles. The molecule has 0 unspecified atom stereocenters. The molecule has 1 aliphatic rings. The molecule has 0 saturated carbocycles. The lowest BCUT2D eigenvalue weighted by atomic mass is 10.2. The van der Waals surface area contributed by atoms with Gasteiger partial charge in [0.05, 0.1) is 0 Å². The Labute approximate surface area is 126 Å². The number of amides is 1. The predicted octanol–water partition coefficient (Wildman–Crippen LogP) is 2.20. The topological polar surface area (TPSA) is 58.8 Å². The van der Waals surface area contributed by atoms with Crippen molar-refractivity contribution >= 4 is 11.8 Å². The zero-order valence-corrected chi connectivity index (χ0v) is 13.1. The zero-order valence-electron chi connectivity index (χ0n) is 13.1. The summed E-state index contributed by atoms with van der Waals surface area (Å²) in [5.74, 6) is 0. The number of anilines is 1. The maximum atomic E-state index is 12.0. The highest BCUT2D eigenvalue weighted by atomic mass is 16.6. The first-order chi connectivity index (χ1) is 9.89. The third-order valence-electron chi connectivity index (χ3n) is 3.47. The lowest BCUT2D eigenvalue weighted by Crippen LogP contribution is -2.50. The highest BCUT2D eigenvalue weighted by Gasteiger charge is 2.25. The normalized spacial score (nSPS) is 16.0. The average molecular weight is 291 g/mol. The third kappa shape index (κ3) is 4.36. The summed E-state index contributed by atoms with van der Waals surface area (Å²) in [6.45, 7) is 9.25. The van der Waals surface area contributed by atoms with Crippen LogP contribution in [0.4, 0.5) is 10.5 Å². The number of piperazine rings is 1. The summed E-state index contributed by atoms with van der Waals surface area (Å²) < 4.78 is 5.40. The number of carbonyl (C=O) groups is 1. The largest absolute Gasteiger partial charge is 0.444 e. The summed E-state index contributed by atoms with van der Waals surface area (Å²) in [4.78, 5) is 16.1. The molecule has 5 heteroatoms. The molecule has 1 aromatic rings. The molecule has 1 aliphatic heterocycles. The van der Waals surface area contributed by atoms with E-state index < -0.39 is 5.60 Å². The second kappa shape index (κ2) is 6.35. The van der Waals surface area contributed by atoms with Crippen LogP contribution in [0.15, 0.2) is 24.3 Å². The van der Waals surface area contributed by atoms with Gasteiger partial charge in [-0.05, 0) is 38.5 Å². The van der Waals surface area contributed by atoms with Crippen molar-refractivity contribution < 1.29 is 9.53 Å². The van der Waals surface area contributed by atoms with E-state index in [1.165, 1.54) is 5.69 Å². The molecule has 1 aromatic carbocycles. The van der Waals surface area contributed by atoms with Crippen LogP contribution in [0, 0.1) is 0 Å². The van der Waals surface area contributed by atoms with Crippen molar-refractivity contribution in [1.82, 2.24) is 4.90 Å². The highest BCUT2D eigenvalue weighted by molar-refractivity contribution is 5.68. The molecule has 0 atom stereocenters. The molecular weight excluding hydrogens is 266 g/mol. The van der Waals surface area contributed by atoms with E-state index in [2.05, 4.69) is 29.2 Å². The SMILES string of the molecule is CC(C)(C)OC(=O)N1CCN(c2ccc(CN)cc2)CC1. The minimum Gasteiger partial charge on any atom is -0.444 e. The van der Waals surface area contributed by atoms with E-state index in [0.29, 0.717) is 19.6 Å². The Hall–Kier alpha value is -1.75. The van der Waals surface area contributed by atoms with E-state index in [1.807, 2.05) is 20.8 Å². The van der Waals surface area contributed by atoms with Crippen LogP contribution in [-0.2, 0) is 11.3 Å². The van der Waals surface area contributed by atoms with Gasteiger partial charge < -0.3 is 20.3 Å². The minimum absolute atomic E-state index is 0.222. The second-order valence-corrected chi connectivity index (χ2v) is 6.33. The summed E-state index contributed by atoms with van der Waals surface area (Å²) in [5.41, 5.74) is 7.48. The molecule has 1 fully saturated rings. The van der Waals surface area contributed by atoms with Gasteiger partial charge >= 0.3 is 6.09 Å². The molecule has 2 rings (SSSR count). The molecule has 116 valence electrons. The van der Waals surface area contributed by atoms with Gasteiger partial charge in [-0.25, -0.2) is 4.79 Å². The van der Waals surface area contributed by atoms with Gasteiger partial charge in [0.2, 0.25) is 0 Å². The van der Waals surface area contributed by atoms with Crippen LogP contribution >= 0.6 is 0 Å². The number of nitrogens with two attached hydrogens (primary N) is 1. The molecule has 1 amide bonds. The molecule has 1 saturated heterocycles. The first kappa shape index (κ1) is 15.6. The number of nitrogens with zero attached hydrogens (tertiary/aromatic N) is 2. The summed E-state index contributed by atoms with van der Waals surface area (Å²) in [6.07, 6.45) is -0.222. The molecule has 0 spiro atoms. The highest BCUT2D eigenvalue weighted by Crippen LogP contribution is 2.18. The average Bonchev–Trinajstić information content (AvgIpc) is 2.46. The van der Waals surface area contributed by atoms with Gasteiger partial charge in [-0.2, -0.15) is 0 Å². The summed E-state index contributed by atoms with van der Waals surface area (Å²) >= 11 is 0. The van der Waals surface area contributed by atoms with Crippen molar-refractivity contribution in [3.63, 3.8) is 0 Å². The number of carbonyl (C=O) groups excluding carboxylic acids is 1. The van der Waals surface area contributed by atoms with Crippen molar-refractivity contribution in [3.8, 4) is 0 Å². The zero-order chi connectivity index (χ0) is 15.5. The van der Waals surface area contributed by atoms with Gasteiger partial charge in [-0.1, -0.05) is 12.1 Å². The summed E-state index contributed by atoms with van der Waals surface area (Å²) in [5, 5.41) is 0. The lowest BCUT2D eigenvalue weighted by molar-refractivity contribution is 0.0240. The number of rotatable bonds is 2. The van der Waals surface area contributed by atoms with Crippen LogP contribution in [0.25, 0.3) is 0 Å². The van der Waals surface area contributed by atoms with Gasteiger partial charge in [0.15, 0.2) is 0 Å². The number of ether oxygens (including phenoxy) is 1. The van der Waals surface area contributed by atoms with Crippen molar-refractivity contribution in [3.05, 3.63) is 29.8 Å². The van der Waals surface area contributed by atoms with E-state index in [9.17, 15) is 4.79 Å². The Morgan fingerprint density at radius 2 is 1.71 bits per heavy atom. The fourth-order valence-electron chi connectivity index (χ4n) is 2.32. The first-order valence-electron chi connectivity index (χ1n) is 7.41. The monoisotopic (exact) mass is 291 g/mol. The molecule has 1 heterocycles. The van der Waals surface area contributed by atoms with E-state index in [4.69, 9.17) is 10.5 Å². The standard InChI is InChI=1S/C16H25N3O2/c1-16(2,3)21-15(20)19-10-8-18(9-11-19)14-6-4-13(12-17)5-7-14/h4-7H,8-12,17H2,1-3H3. The van der Waals surface area contributed by atoms with E-state index in [1.54, 1.807) is 4.90 Å². The minimum atomic E-state index is -0.438. The van der Waals surface area contributed by atoms with Gasteiger partial charge in [0.1, 0.15) is 5.60 Å². The van der Waals surface area contributed by atoms with Gasteiger partial charge in [0.25, 0.3) is 0 Å². The van der Waals surface area contributed by atoms with E-state index >= 15 is 0 Å². The molecule has 0 radical (unpaired) electrons. The van der Waals surface area contributed by atoms with Crippen LogP contribution in [-0.4, -0.2) is 42.8 Å². The van der Waals surface area contributed by atoms with Crippen molar-refractivity contribution in [1.29, 1.82) is 0 Å². The van der Waals surface area contributed by atoms with Gasteiger partial charge in [-0.3, -0.25) is 0 Å². The fourth-order valence-corrected chi connectivity index (χ4v) is 2.32. The van der Waals surface area contributed by atoms with Crippen molar-refractivity contribution in [2.45, 2.75) is 32.9 Å². The van der Waals surface area contributed by atoms with Crippen LogP contribution < -0.4 is 10.6 Å². The van der Waals surface area contributed by atoms with Gasteiger partial charge in [-0.15, -0.1) is 0 Å². The Morgan fingerprint density at radius 1 is 1.14 bits per heavy atom. The lowest BCUT2D eigenvalue weighted by Gasteiger charge is -2.36. The van der Waals surface area contributed by atoms with E-state index in [0.717, 1.165) is 18.7 Å². The fraction of sp³-hybridized carbons (Fsp3) is 0.562. The molecule has 2 N–H and O–H groups in total. The predicted molar refractivity (Wildman–Crippen MR) is 84.4 cm³/mol. The maximum Gasteiger partial charge on any atom is 0.410 e. The summed E-state index contributed by atoms with van der Waals surface area (Å²) in [6, 6.07) is 8.28. The van der Waals surface area contributed by atoms with Gasteiger partial charge in [0, 0.05) is 38.4 Å².